The number of aliphatic hydroxyl groups excluding tert-OH is 16. The van der Waals surface area contributed by atoms with Gasteiger partial charge in [0.2, 0.25) is 34.3 Å². The Morgan fingerprint density at radius 2 is 0.452 bits per heavy atom. The first-order valence-electron chi connectivity index (χ1n) is 24.8. The third kappa shape index (κ3) is 15.9. The van der Waals surface area contributed by atoms with Gasteiger partial charge in [-0.1, -0.05) is 117 Å². The molecule has 0 spiro atoms. The minimum absolute atomic E-state index is 0.163. The zero-order chi connectivity index (χ0) is 56.3. The normalized spacial score (nSPS) is 18.5. The number of rotatable bonds is 46. The molecular weight excluding hydrogens is 977 g/mol. The average Bonchev–Trinajstić information content (AvgIpc) is 3.41. The van der Waals surface area contributed by atoms with E-state index in [0.717, 1.165) is 38.5 Å². The van der Waals surface area contributed by atoms with Crippen molar-refractivity contribution in [1.29, 1.82) is 0 Å². The molecule has 0 aromatic heterocycles. The van der Waals surface area contributed by atoms with E-state index in [9.17, 15) is 81.7 Å². The summed E-state index contributed by atoms with van der Waals surface area (Å²) in [6.45, 7) is -11.3. The van der Waals surface area contributed by atoms with Crippen LogP contribution in [0.15, 0.2) is 0 Å². The summed E-state index contributed by atoms with van der Waals surface area (Å²) in [6, 6.07) is 0. The smallest absolute Gasteiger partial charge is 0.211 e. The van der Waals surface area contributed by atoms with E-state index in [2.05, 4.69) is 0 Å². The average molecular weight is 1060 g/mol. The van der Waals surface area contributed by atoms with Gasteiger partial charge in [-0.05, 0) is 12.8 Å². The highest BCUT2D eigenvalue weighted by Gasteiger charge is 2.80. The molecule has 8 atom stereocenters. The molecule has 0 rings (SSSR count). The Hall–Kier alpha value is -3.32. The first kappa shape index (κ1) is 69.7. The van der Waals surface area contributed by atoms with Gasteiger partial charge in [0.15, 0.2) is 23.1 Å². The van der Waals surface area contributed by atoms with Crippen molar-refractivity contribution < 1.29 is 125 Å². The van der Waals surface area contributed by atoms with Crippen LogP contribution in [0.3, 0.4) is 0 Å². The molecule has 0 saturated carbocycles. The fourth-order valence-electron chi connectivity index (χ4n) is 9.26. The summed E-state index contributed by atoms with van der Waals surface area (Å²) >= 11 is 0. The summed E-state index contributed by atoms with van der Waals surface area (Å²) in [5, 5.41) is 173. The minimum atomic E-state index is -5.13. The van der Waals surface area contributed by atoms with Gasteiger partial charge in [-0.2, -0.15) is 0 Å². The molecule has 0 amide bonds. The third-order valence-corrected chi connectivity index (χ3v) is 13.2. The lowest BCUT2D eigenvalue weighted by molar-refractivity contribution is -0.243. The van der Waals surface area contributed by atoms with Gasteiger partial charge in [0.25, 0.3) is 0 Å². The van der Waals surface area contributed by atoms with Crippen LogP contribution >= 0.6 is 0 Å². The maximum atomic E-state index is 15.5. The quantitative estimate of drug-likeness (QED) is 0.0200. The lowest BCUT2D eigenvalue weighted by atomic mass is 9.53. The van der Waals surface area contributed by atoms with Gasteiger partial charge in [0, 0.05) is 0 Å². The minimum Gasteiger partial charge on any atom is -0.393 e. The summed E-state index contributed by atoms with van der Waals surface area (Å²) in [6.07, 6.45) is -23.8. The number of ketones is 8. The molecule has 0 fully saturated rings. The molecule has 0 aliphatic rings. The summed E-state index contributed by atoms with van der Waals surface area (Å²) in [4.78, 5) is 123. The van der Waals surface area contributed by atoms with E-state index in [0.29, 0.717) is 25.7 Å². The molecule has 424 valence electrons. The van der Waals surface area contributed by atoms with Crippen molar-refractivity contribution in [2.24, 2.45) is 10.8 Å². The molecule has 8 unspecified atom stereocenters. The molecular formula is C48H82O25. The number of carbonyl (C=O) groups is 8. The number of Topliss-reactive ketones (excluding diaryl/α,β-unsaturated/α-hetero) is 8. The lowest BCUT2D eigenvalue weighted by Crippen LogP contribution is -2.82. The number of hydrogen-bond donors (Lipinski definition) is 16. The Bertz CT molecular complexity index is 1530. The SMILES string of the molecule is CCCCCCCCCCC(C(=O)C(O)CO)(C(=O)C(O)CO)C(OC(C(=O)C(O)CO)(C(=O)C(O)CO)C(CCCCCCCCCC)(C(=O)C(O)CO)C(=O)C(O)CO)(C(=O)C(O)CO)C(=O)C(O)CO. The Kier molecular flexibility index (Phi) is 32.8. The molecule has 0 aromatic carbocycles. The molecule has 0 heterocycles. The zero-order valence-electron chi connectivity index (χ0n) is 41.8. The van der Waals surface area contributed by atoms with Crippen LogP contribution in [-0.4, -0.2) is 241 Å². The zero-order valence-corrected chi connectivity index (χ0v) is 41.8. The van der Waals surface area contributed by atoms with E-state index in [1.807, 2.05) is 13.8 Å². The third-order valence-electron chi connectivity index (χ3n) is 13.2. The monoisotopic (exact) mass is 1060 g/mol. The maximum absolute atomic E-state index is 15.5. The second-order valence-corrected chi connectivity index (χ2v) is 18.2. The predicted octanol–water partition coefficient (Wildman–Crippen LogP) is -5.11. The maximum Gasteiger partial charge on any atom is 0.211 e. The first-order valence-corrected chi connectivity index (χ1v) is 24.8. The van der Waals surface area contributed by atoms with Crippen molar-refractivity contribution in [3.63, 3.8) is 0 Å². The summed E-state index contributed by atoms with van der Waals surface area (Å²) in [7, 11) is 0. The van der Waals surface area contributed by atoms with Gasteiger partial charge in [-0.3, -0.25) is 38.4 Å². The molecule has 0 aliphatic heterocycles. The number of ether oxygens (including phenoxy) is 1. The van der Waals surface area contributed by atoms with Gasteiger partial charge < -0.3 is 86.4 Å². The summed E-state index contributed by atoms with van der Waals surface area (Å²) < 4.78 is 6.07. The Morgan fingerprint density at radius 1 is 0.288 bits per heavy atom. The fourth-order valence-corrected chi connectivity index (χ4v) is 9.26. The Labute approximate surface area is 423 Å². The molecule has 25 nitrogen and oxygen atoms in total. The predicted molar refractivity (Wildman–Crippen MR) is 251 cm³/mol. The van der Waals surface area contributed by atoms with Crippen LogP contribution in [0, 0.1) is 10.8 Å². The van der Waals surface area contributed by atoms with Gasteiger partial charge >= 0.3 is 0 Å². The fraction of sp³-hybridized carbons (Fsp3) is 0.833. The van der Waals surface area contributed by atoms with E-state index in [-0.39, 0.29) is 25.7 Å². The number of hydrogen-bond acceptors (Lipinski definition) is 25. The van der Waals surface area contributed by atoms with Crippen molar-refractivity contribution >= 4 is 46.3 Å². The second kappa shape index (κ2) is 34.4. The highest BCUT2D eigenvalue weighted by atomic mass is 16.6. The van der Waals surface area contributed by atoms with Crippen LogP contribution in [0.1, 0.15) is 129 Å². The lowest BCUT2D eigenvalue weighted by Gasteiger charge is -2.55. The number of unbranched alkanes of at least 4 members (excludes halogenated alkanes) is 14. The molecule has 0 saturated heterocycles. The van der Waals surface area contributed by atoms with E-state index in [1.54, 1.807) is 0 Å². The first-order chi connectivity index (χ1) is 34.5. The number of aliphatic hydroxyl groups is 16. The molecule has 0 aliphatic carbocycles. The van der Waals surface area contributed by atoms with Crippen LogP contribution in [0.4, 0.5) is 0 Å². The van der Waals surface area contributed by atoms with Crippen molar-refractivity contribution in [2.45, 2.75) is 189 Å². The largest absolute Gasteiger partial charge is 0.393 e. The molecule has 0 radical (unpaired) electrons. The van der Waals surface area contributed by atoms with Crippen LogP contribution < -0.4 is 0 Å². The summed E-state index contributed by atoms with van der Waals surface area (Å²) in [5.41, 5.74) is -19.1. The van der Waals surface area contributed by atoms with Crippen molar-refractivity contribution in [3.05, 3.63) is 0 Å². The van der Waals surface area contributed by atoms with Crippen LogP contribution in [0.5, 0.6) is 0 Å². The summed E-state index contributed by atoms with van der Waals surface area (Å²) in [5.74, 6) is -20.4. The van der Waals surface area contributed by atoms with Crippen LogP contribution in [0.25, 0.3) is 0 Å². The molecule has 0 aromatic rings. The molecule has 25 heteroatoms. The molecule has 0 bridgehead atoms. The van der Waals surface area contributed by atoms with Crippen molar-refractivity contribution in [1.82, 2.24) is 0 Å². The second-order valence-electron chi connectivity index (χ2n) is 18.2. The number of carbonyl (C=O) groups excluding carboxylic acids is 8. The topological polar surface area (TPSA) is 469 Å². The Morgan fingerprint density at radius 3 is 0.630 bits per heavy atom. The van der Waals surface area contributed by atoms with Crippen LogP contribution in [-0.2, 0) is 43.1 Å². The van der Waals surface area contributed by atoms with Gasteiger partial charge in [-0.25, -0.2) is 0 Å². The van der Waals surface area contributed by atoms with Crippen molar-refractivity contribution in [3.8, 4) is 0 Å². The van der Waals surface area contributed by atoms with E-state index in [1.165, 1.54) is 0 Å². The highest BCUT2D eigenvalue weighted by Crippen LogP contribution is 2.54. The highest BCUT2D eigenvalue weighted by molar-refractivity contribution is 6.29. The van der Waals surface area contributed by atoms with Gasteiger partial charge in [0.1, 0.15) is 59.7 Å². The molecule has 16 N–H and O–H groups in total. The van der Waals surface area contributed by atoms with Crippen molar-refractivity contribution in [2.75, 3.05) is 52.9 Å². The van der Waals surface area contributed by atoms with Gasteiger partial charge in [0.05, 0.1) is 52.9 Å². The Balaban J connectivity index is 10.4. The van der Waals surface area contributed by atoms with E-state index in [4.69, 9.17) is 4.74 Å². The van der Waals surface area contributed by atoms with Crippen LogP contribution in [0.2, 0.25) is 0 Å². The van der Waals surface area contributed by atoms with E-state index < -0.39 is 196 Å². The standard InChI is InChI=1S/C48H82O25/c1-3-5-7-9-11-13-15-17-19-45(37(65)29(57)21-49,38(66)30(58)22-50)47(41(69)33(61)25-53,42(70)34(62)26-54)73-48(43(71)35(63)27-55,44(72)36(64)28-56)46(39(67)31(59)23-51,40(68)32(60)24-52)20-18-16-14-12-10-8-6-4-2/h29-36,49-64H,3-28H2,1-2H3. The van der Waals surface area contributed by atoms with Gasteiger partial charge in [-0.15, -0.1) is 0 Å². The molecule has 73 heavy (non-hydrogen) atoms. The van der Waals surface area contributed by atoms with E-state index >= 15 is 38.4 Å².